The van der Waals surface area contributed by atoms with E-state index in [4.69, 9.17) is 5.10 Å². The number of carbonyl (C=O) groups is 9. The van der Waals surface area contributed by atoms with Crippen LogP contribution in [-0.2, 0) is 115 Å². The summed E-state index contributed by atoms with van der Waals surface area (Å²) in [6, 6.07) is 84.6. The number of phosphoric ester groups is 1. The summed E-state index contributed by atoms with van der Waals surface area (Å²) in [5.41, 5.74) is 13.1. The first kappa shape index (κ1) is 107. The average Bonchev–Trinajstić information content (AvgIpc) is 1.70. The molecule has 0 saturated carbocycles. The molecule has 10 amide bonds. The molecule has 0 spiro atoms. The molecule has 4 N–H and O–H groups in total. The molecule has 11 aromatic carbocycles. The van der Waals surface area contributed by atoms with Crippen LogP contribution in [0, 0.1) is 0 Å². The van der Waals surface area contributed by atoms with Crippen molar-refractivity contribution >= 4 is 93.8 Å². The van der Waals surface area contributed by atoms with E-state index in [1.54, 1.807) is 144 Å². The van der Waals surface area contributed by atoms with Crippen LogP contribution in [-0.4, -0.2) is 248 Å². The van der Waals surface area contributed by atoms with Crippen molar-refractivity contribution < 1.29 is 131 Å². The van der Waals surface area contributed by atoms with Crippen molar-refractivity contribution in [2.45, 2.75) is 114 Å². The molecular weight excluding hydrogens is 1930 g/mol. The minimum absolute atomic E-state index is 0. The van der Waals surface area contributed by atoms with Crippen molar-refractivity contribution in [2.24, 2.45) is 7.05 Å². The van der Waals surface area contributed by atoms with E-state index >= 15 is 0 Å². The van der Waals surface area contributed by atoms with Gasteiger partial charge in [0.15, 0.2) is 0 Å². The Morgan fingerprint density at radius 2 is 0.866 bits per heavy atom. The molecule has 34 nitrogen and oxygen atoms in total. The summed E-state index contributed by atoms with van der Waals surface area (Å²) in [5, 5.41) is 52.4. The van der Waals surface area contributed by atoms with Gasteiger partial charge in [-0.05, 0) is 111 Å². The summed E-state index contributed by atoms with van der Waals surface area (Å²) >= 11 is 0. The third kappa shape index (κ3) is 24.7. The van der Waals surface area contributed by atoms with Crippen molar-refractivity contribution in [3.05, 3.63) is 385 Å². The van der Waals surface area contributed by atoms with E-state index in [0.717, 1.165) is 94.2 Å². The molecule has 3 aromatic heterocycles. The number of hydrogen-bond donors (Lipinski definition) is 4. The molecule has 0 bridgehead atoms. The number of urea groups is 1. The molecule has 0 aliphatic carbocycles. The molecule has 0 unspecified atom stereocenters. The molecule has 37 heteroatoms. The Kier molecular flexibility index (Phi) is 35.0. The van der Waals surface area contributed by atoms with Gasteiger partial charge in [-0.25, -0.2) is 34.8 Å². The Hall–Kier alpha value is -14.5. The maximum absolute atomic E-state index is 15.0. The van der Waals surface area contributed by atoms with E-state index in [0.29, 0.717) is 44.6 Å². The summed E-state index contributed by atoms with van der Waals surface area (Å²) < 4.78 is 19.6. The zero-order chi connectivity index (χ0) is 103. The van der Waals surface area contributed by atoms with Crippen molar-refractivity contribution in [1.82, 2.24) is 94.5 Å². The van der Waals surface area contributed by atoms with Crippen molar-refractivity contribution in [3.8, 4) is 28.5 Å². The van der Waals surface area contributed by atoms with Crippen molar-refractivity contribution in [3.63, 3.8) is 0 Å². The van der Waals surface area contributed by atoms with Crippen molar-refractivity contribution in [2.75, 3.05) is 58.9 Å². The van der Waals surface area contributed by atoms with Gasteiger partial charge in [0.2, 0.25) is 47.3 Å². The van der Waals surface area contributed by atoms with Gasteiger partial charge in [-0.2, -0.15) is 15.3 Å². The molecule has 6 atom stereocenters. The van der Waals surface area contributed by atoms with Crippen LogP contribution in [0.25, 0.3) is 44.0 Å². The first-order chi connectivity index (χ1) is 71.3. The summed E-state index contributed by atoms with van der Waals surface area (Å²) in [6.07, 6.45) is 6.47. The maximum Gasteiger partial charge on any atom is 1.00 e. The first-order valence-corrected chi connectivity index (χ1v) is 50.2. The third-order valence-corrected chi connectivity index (χ3v) is 27.8. The minimum atomic E-state index is -5.30. The van der Waals surface area contributed by atoms with Gasteiger partial charge >= 0.3 is 65.1 Å². The van der Waals surface area contributed by atoms with Gasteiger partial charge in [0.1, 0.15) is 67.4 Å². The number of phenols is 2. The number of nitrogens with zero attached hydrogens (tertiary/aromatic N) is 17. The molecule has 752 valence electrons. The van der Waals surface area contributed by atoms with Gasteiger partial charge in [-0.3, -0.25) is 52.8 Å². The number of aromatic hydroxyl groups is 2. The molecule has 14 aromatic rings. The topological polar surface area (TPSA) is 382 Å². The van der Waals surface area contributed by atoms with Crippen LogP contribution >= 0.6 is 7.82 Å². The van der Waals surface area contributed by atoms with E-state index < -0.39 is 44.4 Å². The average molecular weight is 2040 g/mol. The molecule has 6 fully saturated rings. The number of H-pyrrole nitrogens is 1. The summed E-state index contributed by atoms with van der Waals surface area (Å²) in [6.45, 7) is 14.0. The van der Waals surface area contributed by atoms with Crippen molar-refractivity contribution in [1.29, 1.82) is 0 Å². The minimum Gasteiger partial charge on any atom is -0.780 e. The number of benzene rings is 11. The third-order valence-electron chi connectivity index (χ3n) is 27.3. The Labute approximate surface area is 906 Å². The quantitative estimate of drug-likeness (QED) is 0.0246. The van der Waals surface area contributed by atoms with Gasteiger partial charge < -0.3 is 63.8 Å². The summed E-state index contributed by atoms with van der Waals surface area (Å²) in [4.78, 5) is 160. The van der Waals surface area contributed by atoms with Crippen LogP contribution in [0.4, 0.5) is 4.79 Å². The molecule has 20 rings (SSSR count). The number of aromatic amines is 1. The number of phenolic OH excluding ortho intramolecular Hbond substituents is 2. The van der Waals surface area contributed by atoms with Crippen LogP contribution in [0.3, 0.4) is 0 Å². The Morgan fingerprint density at radius 1 is 0.456 bits per heavy atom. The number of aromatic nitrogens is 6. The number of amides is 10. The van der Waals surface area contributed by atoms with E-state index in [1.807, 2.05) is 224 Å². The fourth-order valence-corrected chi connectivity index (χ4v) is 20.9. The second kappa shape index (κ2) is 48.7. The number of fused-ring (bicyclic) bond motifs is 6. The predicted octanol–water partition coefficient (Wildman–Crippen LogP) is 5.22. The standard InChI is InChI=1S/C46H45N6O7P.C34H36N6O4.C32H33N7O4.2Na/c1-2-27-49-32-43(54)51-40(28-34-21-24-38(25-22-34)59-60(56,57)58)46(55)48(31-41(51)52(49)42(53)26-23-33-13-6-3-7-14-33)30-37-19-12-20-39-44(36-17-10-5-11-18-36)47-50(45(37)39)29-35-15-8-4-9-16-35;1-3-18-38-23-33(43)39-30(19-25-12-15-27(41)16-13-25)34(44)37(21-26-10-7-11-29-28(26)20-35-36(29)2)22-31(39)40(38)32(42)17-14-24-8-5-4-6-9-24;1-2-16-37-21-30(41)38-28(17-22-12-14-24(40)15-13-22)31(42)36(19-27-25-10-6-7-11-26(25)34-35-27)20-29(38)39(37)32(43)33-18-23-8-4-3-5-9-23;;/h2-22,24-25,40-41H,1,23,26-32H2,(H2,56,57,58);3-13,15-16,20,30-31,41H,1,14,17-19,21-23H2,2H3;2-15,28-29,40H,1,16-21H2,(H,33,43)(H,34,35);;/q;;;2*+1/p-2/t40-,41-;30-,31-;28-,29-;;/m000../s1. The molecule has 0 radical (unpaired) electrons. The molecule has 149 heavy (non-hydrogen) atoms. The number of piperazine rings is 3. The largest absolute Gasteiger partial charge is 1.00 e. The Morgan fingerprint density at radius 3 is 1.35 bits per heavy atom. The monoisotopic (exact) mass is 2040 g/mol. The molecular formula is C112H112N19Na2O15P. The predicted molar refractivity (Wildman–Crippen MR) is 548 cm³/mol. The fraction of sp³-hybridized carbons (Fsp3) is 0.250. The second-order valence-corrected chi connectivity index (χ2v) is 38.1. The SMILES string of the molecule is C=CCN1CC(=O)N2[C@@H](Cc3ccc(O)cc3)C(=O)N(Cc3[nH]nc4ccccc34)C[C@@H]2N1C(=O)NCc1ccccc1.C=CCN1CC(=O)N2[C@@H](Cc3ccc(O)cc3)C(=O)N(Cc3cccc4c3cnn4C)C[C@@H]2N1C(=O)CCc1ccccc1.C=CCN1CC(=O)N2[C@@H](Cc3ccc(OP(=O)([O-])[O-])cc3)C(=O)N(Cc3cccc4c(-c5ccccc5)nn(Cc5ccccc5)c34)C[C@@H]2N1C(=O)CCc1ccccc1.[Na+].[Na+]. The normalized spacial score (nSPS) is 18.0. The molecule has 6 aliphatic rings. The van der Waals surface area contributed by atoms with E-state index in [1.165, 1.54) is 17.0 Å². The second-order valence-electron chi connectivity index (χ2n) is 37.0. The number of rotatable bonds is 31. The number of carbonyl (C=O) groups excluding carboxylic acids is 9. The first-order valence-electron chi connectivity index (χ1n) is 48.8. The molecule has 6 aliphatic heterocycles. The smallest absolute Gasteiger partial charge is 0.780 e. The van der Waals surface area contributed by atoms with Gasteiger partial charge in [-0.1, -0.05) is 255 Å². The summed E-state index contributed by atoms with van der Waals surface area (Å²) in [7, 11) is -3.42. The molecule has 9 heterocycles. The Bertz CT molecular complexity index is 7220. The molecule has 6 saturated heterocycles. The van der Waals surface area contributed by atoms with Crippen LogP contribution in [0.5, 0.6) is 17.2 Å². The zero-order valence-corrected chi connectivity index (χ0v) is 88.0. The van der Waals surface area contributed by atoms with Gasteiger partial charge in [-0.15, -0.1) is 19.7 Å². The van der Waals surface area contributed by atoms with Gasteiger partial charge in [0, 0.05) is 100 Å². The van der Waals surface area contributed by atoms with E-state index in [2.05, 4.69) is 44.9 Å². The number of para-hydroxylation sites is 2. The maximum atomic E-state index is 15.0. The zero-order valence-electron chi connectivity index (χ0n) is 83.1. The van der Waals surface area contributed by atoms with Crippen LogP contribution in [0.1, 0.15) is 68.6 Å². The number of aryl methyl sites for hydroxylation is 3. The number of hydrazine groups is 3. The van der Waals surface area contributed by atoms with Gasteiger partial charge in [0.05, 0.1) is 80.8 Å². The fourth-order valence-electron chi connectivity index (χ4n) is 20.5. The number of nitrogens with one attached hydrogen (secondary N) is 2. The van der Waals surface area contributed by atoms with Crippen LogP contribution in [0.2, 0.25) is 0 Å². The Balaban J connectivity index is 0.000000161. The van der Waals surface area contributed by atoms with Crippen LogP contribution < -0.4 is 78.7 Å². The van der Waals surface area contributed by atoms with E-state index in [-0.39, 0.29) is 227 Å². The van der Waals surface area contributed by atoms with Gasteiger partial charge in [0.25, 0.3) is 0 Å². The van der Waals surface area contributed by atoms with E-state index in [9.17, 15) is 67.7 Å². The number of hydrogen-bond acceptors (Lipinski definition) is 21. The summed E-state index contributed by atoms with van der Waals surface area (Å²) in [5.74, 6) is -1.75. The number of phosphoric acid groups is 1. The van der Waals surface area contributed by atoms with Crippen LogP contribution in [0.15, 0.2) is 329 Å².